The highest BCUT2D eigenvalue weighted by molar-refractivity contribution is 7.09. The number of rotatable bonds is 2. The molecule has 1 unspecified atom stereocenters. The van der Waals surface area contributed by atoms with Gasteiger partial charge < -0.3 is 5.73 Å². The molecule has 0 saturated carbocycles. The van der Waals surface area contributed by atoms with E-state index in [1.807, 2.05) is 0 Å². The third-order valence-corrected chi connectivity index (χ3v) is 4.53. The number of thiazole rings is 1. The van der Waals surface area contributed by atoms with Gasteiger partial charge in [0.15, 0.2) is 0 Å². The molecule has 0 fully saturated rings. The minimum Gasteiger partial charge on any atom is -0.325 e. The second-order valence-electron chi connectivity index (χ2n) is 4.59. The van der Waals surface area contributed by atoms with E-state index in [1.54, 1.807) is 11.3 Å². The summed E-state index contributed by atoms with van der Waals surface area (Å²) in [5, 5.41) is 3.36. The lowest BCUT2D eigenvalue weighted by Gasteiger charge is -2.22. The summed E-state index contributed by atoms with van der Waals surface area (Å²) >= 11 is 1.76. The van der Waals surface area contributed by atoms with Crippen LogP contribution in [0, 0.1) is 0 Å². The van der Waals surface area contributed by atoms with Gasteiger partial charge in [-0.3, -0.25) is 0 Å². The van der Waals surface area contributed by atoms with Gasteiger partial charge in [-0.1, -0.05) is 24.3 Å². The quantitative estimate of drug-likeness (QED) is 0.882. The van der Waals surface area contributed by atoms with Crippen LogP contribution in [-0.4, -0.2) is 4.98 Å². The number of nitrogens with two attached hydrogens (primary N) is 1. The van der Waals surface area contributed by atoms with E-state index in [0.717, 1.165) is 12.1 Å². The first-order valence-electron chi connectivity index (χ1n) is 6.08. The summed E-state index contributed by atoms with van der Waals surface area (Å²) in [6.45, 7) is 0.555. The van der Waals surface area contributed by atoms with Crippen molar-refractivity contribution in [2.24, 2.45) is 5.73 Å². The topological polar surface area (TPSA) is 38.9 Å². The van der Waals surface area contributed by atoms with Crippen LogP contribution < -0.4 is 5.73 Å². The molecule has 1 heterocycles. The first kappa shape index (κ1) is 10.9. The summed E-state index contributed by atoms with van der Waals surface area (Å²) in [4.78, 5) is 4.62. The minimum absolute atomic E-state index is 0.555. The molecule has 1 aromatic carbocycles. The van der Waals surface area contributed by atoms with Crippen molar-refractivity contribution in [3.63, 3.8) is 0 Å². The van der Waals surface area contributed by atoms with E-state index in [1.165, 1.54) is 29.0 Å². The van der Waals surface area contributed by atoms with Crippen LogP contribution in [-0.2, 0) is 19.4 Å². The normalized spacial score (nSPS) is 19.0. The highest BCUT2D eigenvalue weighted by Crippen LogP contribution is 2.33. The van der Waals surface area contributed by atoms with Gasteiger partial charge in [0.25, 0.3) is 0 Å². The van der Waals surface area contributed by atoms with Crippen molar-refractivity contribution in [2.75, 3.05) is 0 Å². The van der Waals surface area contributed by atoms with Gasteiger partial charge in [-0.2, -0.15) is 0 Å². The van der Waals surface area contributed by atoms with Gasteiger partial charge in [0.2, 0.25) is 0 Å². The number of aryl methyl sites for hydroxylation is 1. The molecule has 0 amide bonds. The fourth-order valence-electron chi connectivity index (χ4n) is 2.51. The Morgan fingerprint density at radius 2 is 2.12 bits per heavy atom. The molecule has 1 atom stereocenters. The van der Waals surface area contributed by atoms with Crippen LogP contribution in [0.4, 0.5) is 0 Å². The Labute approximate surface area is 106 Å². The highest BCUT2D eigenvalue weighted by Gasteiger charge is 2.21. The molecular weight excluding hydrogens is 228 g/mol. The van der Waals surface area contributed by atoms with Gasteiger partial charge in [-0.15, -0.1) is 11.3 Å². The van der Waals surface area contributed by atoms with Crippen LogP contribution in [0.5, 0.6) is 0 Å². The number of hydrogen-bond acceptors (Lipinski definition) is 3. The molecule has 2 N–H and O–H groups in total. The van der Waals surface area contributed by atoms with Crippen molar-refractivity contribution in [1.29, 1.82) is 0 Å². The number of nitrogens with zero attached hydrogens (tertiary/aromatic N) is 1. The third-order valence-electron chi connectivity index (χ3n) is 3.47. The smallest absolute Gasteiger partial charge is 0.0963 e. The van der Waals surface area contributed by atoms with Crippen LogP contribution in [0.25, 0.3) is 0 Å². The maximum absolute atomic E-state index is 5.61. The number of fused-ring (bicyclic) bond motifs is 1. The molecule has 1 aliphatic carbocycles. The maximum atomic E-state index is 5.61. The third kappa shape index (κ3) is 2.13. The standard InChI is InChI=1S/C14H16N2S/c15-8-13-9-17-14(16-13)12-6-5-10-3-1-2-4-11(10)7-12/h1-4,9,12H,5-8,15H2. The molecule has 3 heteroatoms. The van der Waals surface area contributed by atoms with E-state index >= 15 is 0 Å². The van der Waals surface area contributed by atoms with Crippen LogP contribution >= 0.6 is 11.3 Å². The van der Waals surface area contributed by atoms with E-state index in [9.17, 15) is 0 Å². The van der Waals surface area contributed by atoms with E-state index in [-0.39, 0.29) is 0 Å². The summed E-state index contributed by atoms with van der Waals surface area (Å²) in [6, 6.07) is 8.76. The number of aromatic nitrogens is 1. The monoisotopic (exact) mass is 244 g/mol. The molecule has 2 aromatic rings. The van der Waals surface area contributed by atoms with Gasteiger partial charge in [-0.05, 0) is 30.4 Å². The Morgan fingerprint density at radius 1 is 1.29 bits per heavy atom. The van der Waals surface area contributed by atoms with Gasteiger partial charge in [-0.25, -0.2) is 4.98 Å². The maximum Gasteiger partial charge on any atom is 0.0963 e. The number of hydrogen-bond donors (Lipinski definition) is 1. The Kier molecular flexibility index (Phi) is 2.95. The molecule has 3 rings (SSSR count). The minimum atomic E-state index is 0.555. The molecule has 0 aliphatic heterocycles. The average molecular weight is 244 g/mol. The number of benzene rings is 1. The molecule has 0 saturated heterocycles. The summed E-state index contributed by atoms with van der Waals surface area (Å²) < 4.78 is 0. The average Bonchev–Trinajstić information content (AvgIpc) is 2.87. The van der Waals surface area contributed by atoms with Gasteiger partial charge >= 0.3 is 0 Å². The van der Waals surface area contributed by atoms with Crippen LogP contribution in [0.2, 0.25) is 0 Å². The zero-order chi connectivity index (χ0) is 11.7. The zero-order valence-electron chi connectivity index (χ0n) is 9.73. The van der Waals surface area contributed by atoms with Crippen molar-refractivity contribution in [3.8, 4) is 0 Å². The predicted molar refractivity (Wildman–Crippen MR) is 71.2 cm³/mol. The molecule has 88 valence electrons. The zero-order valence-corrected chi connectivity index (χ0v) is 10.5. The Hall–Kier alpha value is -1.19. The van der Waals surface area contributed by atoms with E-state index in [0.29, 0.717) is 12.5 Å². The van der Waals surface area contributed by atoms with E-state index < -0.39 is 0 Å². The first-order chi connectivity index (χ1) is 8.36. The van der Waals surface area contributed by atoms with E-state index in [2.05, 4.69) is 34.6 Å². The summed E-state index contributed by atoms with van der Waals surface area (Å²) in [6.07, 6.45) is 3.53. The summed E-state index contributed by atoms with van der Waals surface area (Å²) in [7, 11) is 0. The molecule has 1 aromatic heterocycles. The van der Waals surface area contributed by atoms with E-state index in [4.69, 9.17) is 5.73 Å². The van der Waals surface area contributed by atoms with Crippen molar-refractivity contribution < 1.29 is 0 Å². The Morgan fingerprint density at radius 3 is 2.88 bits per heavy atom. The van der Waals surface area contributed by atoms with Crippen molar-refractivity contribution in [1.82, 2.24) is 4.98 Å². The van der Waals surface area contributed by atoms with Crippen LogP contribution in [0.15, 0.2) is 29.6 Å². The van der Waals surface area contributed by atoms with Crippen molar-refractivity contribution >= 4 is 11.3 Å². The molecule has 2 nitrogen and oxygen atoms in total. The lowest BCUT2D eigenvalue weighted by atomic mass is 9.84. The van der Waals surface area contributed by atoms with Crippen molar-refractivity contribution in [2.45, 2.75) is 31.7 Å². The molecular formula is C14H16N2S. The van der Waals surface area contributed by atoms with Gasteiger partial charge in [0.05, 0.1) is 10.7 Å². The molecule has 0 spiro atoms. The molecule has 0 bridgehead atoms. The second-order valence-corrected chi connectivity index (χ2v) is 5.48. The van der Waals surface area contributed by atoms with Gasteiger partial charge in [0, 0.05) is 17.8 Å². The molecule has 0 radical (unpaired) electrons. The fraction of sp³-hybridized carbons (Fsp3) is 0.357. The van der Waals surface area contributed by atoms with Crippen molar-refractivity contribution in [3.05, 3.63) is 51.5 Å². The molecule has 1 aliphatic rings. The second kappa shape index (κ2) is 4.59. The first-order valence-corrected chi connectivity index (χ1v) is 6.96. The van der Waals surface area contributed by atoms with Crippen LogP contribution in [0.3, 0.4) is 0 Å². The predicted octanol–water partition coefficient (Wildman–Crippen LogP) is 2.87. The highest BCUT2D eigenvalue weighted by atomic mass is 32.1. The van der Waals surface area contributed by atoms with Crippen LogP contribution in [0.1, 0.15) is 34.2 Å². The molecule has 17 heavy (non-hydrogen) atoms. The lowest BCUT2D eigenvalue weighted by Crippen LogP contribution is -2.12. The largest absolute Gasteiger partial charge is 0.325 e. The Bertz CT molecular complexity index is 518. The summed E-state index contributed by atoms with van der Waals surface area (Å²) in [5.41, 5.74) is 9.65. The summed E-state index contributed by atoms with van der Waals surface area (Å²) in [5.74, 6) is 0.593. The fourth-order valence-corrected chi connectivity index (χ4v) is 3.48. The lowest BCUT2D eigenvalue weighted by molar-refractivity contribution is 0.580. The Balaban J connectivity index is 1.84. The SMILES string of the molecule is NCc1csc(C2CCc3ccccc3C2)n1. The van der Waals surface area contributed by atoms with Gasteiger partial charge in [0.1, 0.15) is 0 Å².